The van der Waals surface area contributed by atoms with E-state index >= 15 is 0 Å². The molecule has 2 rings (SSSR count). The smallest absolute Gasteiger partial charge is 0.176 e. The number of ketones is 1. The van der Waals surface area contributed by atoms with E-state index in [4.69, 9.17) is 4.74 Å². The van der Waals surface area contributed by atoms with Crippen molar-refractivity contribution in [1.82, 2.24) is 9.59 Å². The molecule has 0 aliphatic carbocycles. The van der Waals surface area contributed by atoms with Crippen molar-refractivity contribution in [2.75, 3.05) is 6.61 Å². The summed E-state index contributed by atoms with van der Waals surface area (Å²) in [6.07, 6.45) is 5.13. The van der Waals surface area contributed by atoms with E-state index in [0.29, 0.717) is 12.5 Å². The highest BCUT2D eigenvalue weighted by molar-refractivity contribution is 7.08. The number of ether oxygens (including phenoxy) is 1. The minimum absolute atomic E-state index is 0.118. The number of carbonyl (C=O) groups is 1. The van der Waals surface area contributed by atoms with Gasteiger partial charge >= 0.3 is 0 Å². The third-order valence-corrected chi connectivity index (χ3v) is 4.17. The molecule has 1 atom stereocenters. The van der Waals surface area contributed by atoms with Crippen LogP contribution in [0.25, 0.3) is 0 Å². The van der Waals surface area contributed by atoms with Crippen molar-refractivity contribution in [2.24, 2.45) is 0 Å². The summed E-state index contributed by atoms with van der Waals surface area (Å²) in [6.45, 7) is 7.07. The zero-order valence-corrected chi connectivity index (χ0v) is 12.8. The number of carbonyl (C=O) groups excluding carboxylic acids is 1. The highest BCUT2D eigenvalue weighted by atomic mass is 32.1. The molecule has 0 bridgehead atoms. The topological polar surface area (TPSA) is 52.1 Å². The van der Waals surface area contributed by atoms with Crippen LogP contribution < -0.4 is 0 Å². The molecule has 2 heterocycles. The summed E-state index contributed by atoms with van der Waals surface area (Å²) in [5, 5.41) is 4.12. The minimum atomic E-state index is -0.118. The molecular weight excluding hydrogens is 260 g/mol. The number of aromatic nitrogens is 2. The minimum Gasteiger partial charge on any atom is -0.378 e. The SMILES string of the molecule is CC(C)(C)c1nnsc1C(=O)CCCC1CCCO1. The Kier molecular flexibility index (Phi) is 4.68. The number of hydrogen-bond donors (Lipinski definition) is 0. The normalized spacial score (nSPS) is 19.8. The third kappa shape index (κ3) is 3.83. The Balaban J connectivity index is 1.87. The van der Waals surface area contributed by atoms with Crippen LogP contribution in [0, 0.1) is 0 Å². The van der Waals surface area contributed by atoms with E-state index in [1.54, 1.807) is 0 Å². The van der Waals surface area contributed by atoms with Crippen molar-refractivity contribution >= 4 is 17.3 Å². The van der Waals surface area contributed by atoms with Crippen molar-refractivity contribution in [1.29, 1.82) is 0 Å². The molecule has 1 unspecified atom stereocenters. The summed E-state index contributed by atoms with van der Waals surface area (Å²) in [5.41, 5.74) is 0.714. The van der Waals surface area contributed by atoms with Crippen LogP contribution in [-0.4, -0.2) is 28.1 Å². The lowest BCUT2D eigenvalue weighted by Crippen LogP contribution is -2.16. The van der Waals surface area contributed by atoms with Crippen molar-refractivity contribution in [3.05, 3.63) is 10.6 Å². The predicted octanol–water partition coefficient (Wildman–Crippen LogP) is 3.37. The van der Waals surface area contributed by atoms with Crippen LogP contribution in [0.15, 0.2) is 0 Å². The van der Waals surface area contributed by atoms with Gasteiger partial charge in [0, 0.05) is 18.4 Å². The Bertz CT molecular complexity index is 431. The molecule has 1 aromatic heterocycles. The van der Waals surface area contributed by atoms with E-state index in [-0.39, 0.29) is 11.2 Å². The molecule has 19 heavy (non-hydrogen) atoms. The van der Waals surface area contributed by atoms with Gasteiger partial charge in [-0.3, -0.25) is 4.79 Å². The molecule has 1 aliphatic rings. The van der Waals surface area contributed by atoms with Gasteiger partial charge in [0.25, 0.3) is 0 Å². The van der Waals surface area contributed by atoms with Crippen molar-refractivity contribution in [3.8, 4) is 0 Å². The number of Topliss-reactive ketones (excluding diaryl/α,β-unsaturated/α-hetero) is 1. The van der Waals surface area contributed by atoms with Crippen molar-refractivity contribution < 1.29 is 9.53 Å². The monoisotopic (exact) mass is 282 g/mol. The summed E-state index contributed by atoms with van der Waals surface area (Å²) in [7, 11) is 0. The van der Waals surface area contributed by atoms with E-state index < -0.39 is 0 Å². The molecule has 0 aromatic carbocycles. The Hall–Kier alpha value is -0.810. The van der Waals surface area contributed by atoms with Crippen LogP contribution in [0.3, 0.4) is 0 Å². The van der Waals surface area contributed by atoms with Gasteiger partial charge in [-0.15, -0.1) is 5.10 Å². The average Bonchev–Trinajstić information content (AvgIpc) is 2.98. The Morgan fingerprint density at radius 1 is 1.47 bits per heavy atom. The Labute approximate surface area is 118 Å². The molecular formula is C14H22N2O2S. The maximum atomic E-state index is 12.2. The lowest BCUT2D eigenvalue weighted by atomic mass is 9.90. The maximum absolute atomic E-state index is 12.2. The highest BCUT2D eigenvalue weighted by Gasteiger charge is 2.26. The molecule has 1 aromatic rings. The molecule has 4 nitrogen and oxygen atoms in total. The molecule has 5 heteroatoms. The van der Waals surface area contributed by atoms with Crippen LogP contribution >= 0.6 is 11.5 Å². The van der Waals surface area contributed by atoms with Crippen molar-refractivity contribution in [2.45, 2.75) is 64.4 Å². The highest BCUT2D eigenvalue weighted by Crippen LogP contribution is 2.27. The first-order valence-corrected chi connectivity index (χ1v) is 7.73. The van der Waals surface area contributed by atoms with Crippen LogP contribution in [0.2, 0.25) is 0 Å². The first-order valence-electron chi connectivity index (χ1n) is 6.96. The third-order valence-electron chi connectivity index (χ3n) is 3.41. The zero-order chi connectivity index (χ0) is 13.9. The van der Waals surface area contributed by atoms with Crippen molar-refractivity contribution in [3.63, 3.8) is 0 Å². The lowest BCUT2D eigenvalue weighted by molar-refractivity contribution is 0.0924. The second-order valence-electron chi connectivity index (χ2n) is 6.15. The van der Waals surface area contributed by atoms with Gasteiger partial charge in [-0.1, -0.05) is 25.3 Å². The van der Waals surface area contributed by atoms with Gasteiger partial charge in [0.15, 0.2) is 5.78 Å². The van der Waals surface area contributed by atoms with Gasteiger partial charge < -0.3 is 4.74 Å². The molecule has 0 amide bonds. The fraction of sp³-hybridized carbons (Fsp3) is 0.786. The quantitative estimate of drug-likeness (QED) is 0.777. The van der Waals surface area contributed by atoms with Crippen LogP contribution in [0.5, 0.6) is 0 Å². The molecule has 106 valence electrons. The maximum Gasteiger partial charge on any atom is 0.176 e. The molecule has 0 radical (unpaired) electrons. The summed E-state index contributed by atoms with van der Waals surface area (Å²) < 4.78 is 9.51. The summed E-state index contributed by atoms with van der Waals surface area (Å²) >= 11 is 1.23. The molecule has 1 aliphatic heterocycles. The van der Waals surface area contributed by atoms with E-state index in [2.05, 4.69) is 30.4 Å². The predicted molar refractivity (Wildman–Crippen MR) is 75.8 cm³/mol. The largest absolute Gasteiger partial charge is 0.378 e. The Morgan fingerprint density at radius 3 is 2.89 bits per heavy atom. The molecule has 0 N–H and O–H groups in total. The standard InChI is InChI=1S/C14H22N2O2S/c1-14(2,3)13-12(19-16-15-13)11(17)8-4-6-10-7-5-9-18-10/h10H,4-9H2,1-3H3. The first-order chi connectivity index (χ1) is 8.98. The van der Waals surface area contributed by atoms with E-state index in [0.717, 1.165) is 42.9 Å². The summed E-state index contributed by atoms with van der Waals surface area (Å²) in [4.78, 5) is 13.0. The van der Waals surface area contributed by atoms with Crippen LogP contribution in [0.1, 0.15) is 68.2 Å². The second kappa shape index (κ2) is 6.09. The van der Waals surface area contributed by atoms with E-state index in [1.807, 2.05) is 0 Å². The second-order valence-corrected chi connectivity index (χ2v) is 6.91. The summed E-state index contributed by atoms with van der Waals surface area (Å²) in [6, 6.07) is 0. The molecule has 1 fully saturated rings. The fourth-order valence-electron chi connectivity index (χ4n) is 2.34. The van der Waals surface area contributed by atoms with E-state index in [1.165, 1.54) is 11.5 Å². The van der Waals surface area contributed by atoms with Gasteiger partial charge in [0.2, 0.25) is 0 Å². The summed E-state index contributed by atoms with van der Waals surface area (Å²) in [5.74, 6) is 0.179. The van der Waals surface area contributed by atoms with Crippen LogP contribution in [-0.2, 0) is 10.2 Å². The zero-order valence-electron chi connectivity index (χ0n) is 11.9. The average molecular weight is 282 g/mol. The van der Waals surface area contributed by atoms with Gasteiger partial charge in [-0.25, -0.2) is 0 Å². The van der Waals surface area contributed by atoms with Gasteiger partial charge in [0.1, 0.15) is 4.88 Å². The molecule has 0 spiro atoms. The fourth-order valence-corrected chi connectivity index (χ4v) is 3.18. The van der Waals surface area contributed by atoms with Gasteiger partial charge in [0.05, 0.1) is 11.8 Å². The molecule has 0 saturated carbocycles. The van der Waals surface area contributed by atoms with E-state index in [9.17, 15) is 4.79 Å². The number of nitrogens with zero attached hydrogens (tertiary/aromatic N) is 2. The lowest BCUT2D eigenvalue weighted by Gasteiger charge is -2.16. The van der Waals surface area contributed by atoms with Gasteiger partial charge in [-0.05, 0) is 37.2 Å². The molecule has 1 saturated heterocycles. The number of rotatable bonds is 5. The Morgan fingerprint density at radius 2 is 2.26 bits per heavy atom. The number of hydrogen-bond acceptors (Lipinski definition) is 5. The van der Waals surface area contributed by atoms with Gasteiger partial charge in [-0.2, -0.15) is 0 Å². The van der Waals surface area contributed by atoms with Crippen LogP contribution in [0.4, 0.5) is 0 Å². The first kappa shape index (κ1) is 14.6.